The van der Waals surface area contributed by atoms with Crippen LogP contribution in [0.1, 0.15) is 0 Å². The van der Waals surface area contributed by atoms with Gasteiger partial charge in [-0.1, -0.05) is 0 Å². The quantitative estimate of drug-likeness (QED) is 0.590. The number of hydrogen-bond donors (Lipinski definition) is 2. The first kappa shape index (κ1) is 12.1. The summed E-state index contributed by atoms with van der Waals surface area (Å²) in [5, 5.41) is 26.4. The molecule has 7 nitrogen and oxygen atoms in total. The number of rotatable bonds is 5. The minimum atomic E-state index is -0.624. The minimum Gasteiger partial charge on any atom is -0.390 e. The van der Waals surface area contributed by atoms with Crippen LogP contribution in [0.3, 0.4) is 0 Å². The van der Waals surface area contributed by atoms with Crippen LogP contribution in [0.5, 0.6) is 0 Å². The van der Waals surface area contributed by atoms with Crippen LogP contribution in [0.4, 0.5) is 5.82 Å². The van der Waals surface area contributed by atoms with Crippen molar-refractivity contribution in [2.45, 2.75) is 12.6 Å². The van der Waals surface area contributed by atoms with E-state index in [0.717, 1.165) is 0 Å². The average Bonchev–Trinajstić information content (AvgIpc) is 2.47. The van der Waals surface area contributed by atoms with Crippen LogP contribution in [0.25, 0.3) is 0 Å². The van der Waals surface area contributed by atoms with Crippen LogP contribution >= 0.6 is 15.9 Å². The third-order valence-corrected chi connectivity index (χ3v) is 2.27. The molecule has 0 aromatic carbocycles. The van der Waals surface area contributed by atoms with E-state index in [1.807, 2.05) is 0 Å². The molecule has 84 valence electrons. The van der Waals surface area contributed by atoms with Crippen molar-refractivity contribution in [2.75, 3.05) is 13.6 Å². The predicted molar refractivity (Wildman–Crippen MR) is 56.5 cm³/mol. The van der Waals surface area contributed by atoms with Gasteiger partial charge < -0.3 is 20.5 Å². The lowest BCUT2D eigenvalue weighted by atomic mass is 10.3. The largest absolute Gasteiger partial charge is 0.404 e. The number of hydrogen-bond acceptors (Lipinski definition) is 5. The van der Waals surface area contributed by atoms with E-state index in [1.54, 1.807) is 7.05 Å². The van der Waals surface area contributed by atoms with Crippen LogP contribution in [-0.4, -0.2) is 39.5 Å². The van der Waals surface area contributed by atoms with Crippen LogP contribution in [-0.2, 0) is 6.54 Å². The average molecular weight is 279 g/mol. The van der Waals surface area contributed by atoms with E-state index in [0.29, 0.717) is 11.0 Å². The Bertz CT molecular complexity index is 354. The molecule has 0 aliphatic rings. The van der Waals surface area contributed by atoms with Crippen molar-refractivity contribution in [3.05, 3.63) is 20.8 Å². The van der Waals surface area contributed by atoms with Crippen LogP contribution in [0, 0.1) is 10.1 Å². The van der Waals surface area contributed by atoms with E-state index in [4.69, 9.17) is 0 Å². The first-order chi connectivity index (χ1) is 7.04. The molecule has 0 saturated carbocycles. The van der Waals surface area contributed by atoms with Gasteiger partial charge in [0.1, 0.15) is 4.47 Å². The maximum atomic E-state index is 10.5. The molecule has 0 radical (unpaired) electrons. The summed E-state index contributed by atoms with van der Waals surface area (Å²) in [4.78, 5) is 9.89. The molecule has 1 atom stereocenters. The van der Waals surface area contributed by atoms with E-state index in [-0.39, 0.29) is 12.4 Å². The van der Waals surface area contributed by atoms with Gasteiger partial charge in [0, 0.05) is 6.54 Å². The molecule has 0 saturated heterocycles. The number of nitrogens with one attached hydrogen (secondary N) is 1. The Morgan fingerprint density at radius 2 is 2.53 bits per heavy atom. The van der Waals surface area contributed by atoms with Crippen molar-refractivity contribution in [3.63, 3.8) is 0 Å². The fourth-order valence-corrected chi connectivity index (χ4v) is 1.58. The number of aliphatic hydroxyl groups excluding tert-OH is 1. The first-order valence-corrected chi connectivity index (χ1v) is 5.04. The lowest BCUT2D eigenvalue weighted by Gasteiger charge is -2.06. The highest BCUT2D eigenvalue weighted by molar-refractivity contribution is 9.10. The molecular weight excluding hydrogens is 268 g/mol. The second-order valence-electron chi connectivity index (χ2n) is 2.99. The van der Waals surface area contributed by atoms with Crippen molar-refractivity contribution < 1.29 is 10.0 Å². The Balaban J connectivity index is 2.71. The number of aromatic nitrogens is 2. The van der Waals surface area contributed by atoms with Gasteiger partial charge in [-0.3, -0.25) is 0 Å². The van der Waals surface area contributed by atoms with Gasteiger partial charge in [0.15, 0.2) is 0 Å². The van der Waals surface area contributed by atoms with Crippen molar-refractivity contribution in [1.82, 2.24) is 15.1 Å². The second kappa shape index (κ2) is 5.19. The standard InChI is InChI=1S/C7H11BrN4O3/c1-9-2-5(13)3-11-4-6(8)7(10-11)12(14)15/h4-5,9,13H,2-3H2,1H3. The molecule has 0 aliphatic heterocycles. The highest BCUT2D eigenvalue weighted by atomic mass is 79.9. The van der Waals surface area contributed by atoms with Crippen molar-refractivity contribution >= 4 is 21.7 Å². The van der Waals surface area contributed by atoms with Crippen LogP contribution in [0.15, 0.2) is 10.7 Å². The molecule has 0 bridgehead atoms. The minimum absolute atomic E-state index is 0.216. The van der Waals surface area contributed by atoms with E-state index in [1.165, 1.54) is 10.9 Å². The number of halogens is 1. The number of nitro groups is 1. The molecule has 2 N–H and O–H groups in total. The second-order valence-corrected chi connectivity index (χ2v) is 3.85. The van der Waals surface area contributed by atoms with Gasteiger partial charge in [-0.2, -0.15) is 4.68 Å². The number of nitrogens with zero attached hydrogens (tertiary/aromatic N) is 3. The zero-order chi connectivity index (χ0) is 11.4. The van der Waals surface area contributed by atoms with Gasteiger partial charge in [-0.15, -0.1) is 0 Å². The smallest absolute Gasteiger partial charge is 0.390 e. The van der Waals surface area contributed by atoms with E-state index < -0.39 is 11.0 Å². The predicted octanol–water partition coefficient (Wildman–Crippen LogP) is 0.134. The maximum absolute atomic E-state index is 10.5. The summed E-state index contributed by atoms with van der Waals surface area (Å²) < 4.78 is 1.65. The third kappa shape index (κ3) is 3.26. The molecule has 0 aliphatic carbocycles. The Hall–Kier alpha value is -0.990. The van der Waals surface area contributed by atoms with Gasteiger partial charge in [0.05, 0.1) is 23.9 Å². The van der Waals surface area contributed by atoms with E-state index in [2.05, 4.69) is 26.3 Å². The summed E-state index contributed by atoms with van der Waals surface area (Å²) in [6, 6.07) is 0. The van der Waals surface area contributed by atoms with Gasteiger partial charge in [-0.25, -0.2) is 0 Å². The molecule has 0 amide bonds. The summed E-state index contributed by atoms with van der Waals surface area (Å²) in [6.45, 7) is 0.624. The normalized spacial score (nSPS) is 12.7. The van der Waals surface area contributed by atoms with Crippen molar-refractivity contribution in [3.8, 4) is 0 Å². The summed E-state index contributed by atoms with van der Waals surface area (Å²) in [7, 11) is 1.71. The molecule has 15 heavy (non-hydrogen) atoms. The Morgan fingerprint density at radius 3 is 3.00 bits per heavy atom. The zero-order valence-electron chi connectivity index (χ0n) is 8.05. The van der Waals surface area contributed by atoms with Gasteiger partial charge >= 0.3 is 5.82 Å². The molecular formula is C7H11BrN4O3. The number of aliphatic hydroxyl groups is 1. The van der Waals surface area contributed by atoms with Crippen LogP contribution < -0.4 is 5.32 Å². The Morgan fingerprint density at radius 1 is 1.87 bits per heavy atom. The maximum Gasteiger partial charge on any atom is 0.404 e. The topological polar surface area (TPSA) is 93.2 Å². The summed E-state index contributed by atoms with van der Waals surface area (Å²) in [5.74, 6) is -0.244. The summed E-state index contributed by atoms with van der Waals surface area (Å²) in [5.41, 5.74) is 0. The van der Waals surface area contributed by atoms with Crippen molar-refractivity contribution in [1.29, 1.82) is 0 Å². The lowest BCUT2D eigenvalue weighted by Crippen LogP contribution is -2.28. The van der Waals surface area contributed by atoms with Crippen molar-refractivity contribution in [2.24, 2.45) is 0 Å². The monoisotopic (exact) mass is 278 g/mol. The third-order valence-electron chi connectivity index (χ3n) is 1.71. The molecule has 1 aromatic heterocycles. The van der Waals surface area contributed by atoms with E-state index in [9.17, 15) is 15.2 Å². The van der Waals surface area contributed by atoms with Gasteiger partial charge in [0.25, 0.3) is 0 Å². The molecule has 1 aromatic rings. The lowest BCUT2D eigenvalue weighted by molar-refractivity contribution is -0.390. The van der Waals surface area contributed by atoms with Gasteiger partial charge in [-0.05, 0) is 27.9 Å². The number of likely N-dealkylation sites (N-methyl/N-ethyl adjacent to an activating group) is 1. The molecule has 1 unspecified atom stereocenters. The zero-order valence-corrected chi connectivity index (χ0v) is 9.64. The molecule has 1 rings (SSSR count). The fourth-order valence-electron chi connectivity index (χ4n) is 1.12. The highest BCUT2D eigenvalue weighted by Crippen LogP contribution is 2.21. The van der Waals surface area contributed by atoms with Gasteiger partial charge in [0.2, 0.25) is 0 Å². The van der Waals surface area contributed by atoms with Crippen LogP contribution in [0.2, 0.25) is 0 Å². The SMILES string of the molecule is CNCC(O)Cn1cc(Br)c([N+](=O)[O-])n1. The summed E-state index contributed by atoms with van der Waals surface area (Å²) >= 11 is 3.02. The Kier molecular flexibility index (Phi) is 4.18. The van der Waals surface area contributed by atoms with E-state index >= 15 is 0 Å². The Labute approximate surface area is 94.4 Å². The fraction of sp³-hybridized carbons (Fsp3) is 0.571. The molecule has 8 heteroatoms. The molecule has 0 spiro atoms. The summed E-state index contributed by atoms with van der Waals surface area (Å²) in [6.07, 6.45) is 0.846. The highest BCUT2D eigenvalue weighted by Gasteiger charge is 2.19. The molecule has 1 heterocycles. The first-order valence-electron chi connectivity index (χ1n) is 4.24. The molecule has 0 fully saturated rings.